The third-order valence-corrected chi connectivity index (χ3v) is 6.98. The fourth-order valence-electron chi connectivity index (χ4n) is 4.10. The summed E-state index contributed by atoms with van der Waals surface area (Å²) in [6, 6.07) is 19.3. The summed E-state index contributed by atoms with van der Waals surface area (Å²) in [4.78, 5) is 29.1. The smallest absolute Gasteiger partial charge is 0.548 e. The average molecular weight is 571 g/mol. The molecule has 0 bridgehead atoms. The van der Waals surface area contributed by atoms with Gasteiger partial charge in [0.2, 0.25) is 5.89 Å². The first-order valence-electron chi connectivity index (χ1n) is 12.3. The molecule has 1 atom stereocenters. The number of aliphatic carboxylic acids is 1. The van der Waals surface area contributed by atoms with Crippen LogP contribution in [0.3, 0.4) is 0 Å². The number of nitrogens with zero attached hydrogens (tertiary/aromatic N) is 1. The van der Waals surface area contributed by atoms with E-state index in [2.05, 4.69) is 10.3 Å². The number of halogens is 1. The Bertz CT molecular complexity index is 1460. The molecule has 0 aliphatic carbocycles. The fraction of sp³-hybridized carbons (Fsp3) is 0.233. The maximum atomic E-state index is 13.2. The van der Waals surface area contributed by atoms with Crippen LogP contribution < -0.4 is 29.3 Å². The van der Waals surface area contributed by atoms with Crippen molar-refractivity contribution in [3.05, 3.63) is 100 Å². The number of carbonyl (C=O) groups excluding carboxylic acids is 2. The molecule has 0 saturated carbocycles. The fourth-order valence-corrected chi connectivity index (χ4v) is 4.76. The van der Waals surface area contributed by atoms with Gasteiger partial charge in [-0.05, 0) is 77.9 Å². The summed E-state index contributed by atoms with van der Waals surface area (Å²) in [5.41, 5.74) is 4.55. The van der Waals surface area contributed by atoms with E-state index in [1.54, 1.807) is 30.5 Å². The maximum absolute atomic E-state index is 13.2. The number of oxazole rings is 1. The first-order valence-corrected chi connectivity index (χ1v) is 14.1. The summed E-state index contributed by atoms with van der Waals surface area (Å²) in [5, 5.41) is 14.8. The van der Waals surface area contributed by atoms with Crippen LogP contribution in [0.1, 0.15) is 33.7 Å². The zero-order valence-electron chi connectivity index (χ0n) is 22.6. The molecule has 4 rings (SSSR count). The molecule has 10 heteroatoms. The van der Waals surface area contributed by atoms with Gasteiger partial charge >= 0.3 is 18.9 Å². The van der Waals surface area contributed by atoms with Gasteiger partial charge in [-0.25, -0.2) is 4.98 Å². The average Bonchev–Trinajstić information content (AvgIpc) is 3.40. The molecule has 0 aliphatic rings. The quantitative estimate of drug-likeness (QED) is 0.261. The van der Waals surface area contributed by atoms with E-state index in [4.69, 9.17) is 20.8 Å². The van der Waals surface area contributed by atoms with Gasteiger partial charge in [-0.15, -0.1) is 0 Å². The second-order valence-electron chi connectivity index (χ2n) is 8.96. The van der Waals surface area contributed by atoms with Crippen LogP contribution in [-0.2, 0) is 22.7 Å². The van der Waals surface area contributed by atoms with Gasteiger partial charge in [0.05, 0.1) is 24.8 Å². The summed E-state index contributed by atoms with van der Waals surface area (Å²) in [5.74, 6) is -0.151. The van der Waals surface area contributed by atoms with Crippen molar-refractivity contribution in [2.24, 2.45) is 0 Å². The Morgan fingerprint density at radius 3 is 2.60 bits per heavy atom. The molecule has 1 N–H and O–H groups in total. The van der Waals surface area contributed by atoms with E-state index in [9.17, 15) is 14.7 Å². The van der Waals surface area contributed by atoms with E-state index in [0.717, 1.165) is 22.3 Å². The third kappa shape index (κ3) is 8.26. The van der Waals surface area contributed by atoms with E-state index in [1.807, 2.05) is 55.6 Å². The number of thioether (sulfide) groups is 1. The van der Waals surface area contributed by atoms with Crippen molar-refractivity contribution < 1.29 is 42.7 Å². The number of aromatic nitrogens is 1. The van der Waals surface area contributed by atoms with Gasteiger partial charge in [-0.2, -0.15) is 11.8 Å². The summed E-state index contributed by atoms with van der Waals surface area (Å²) in [6.45, 7) is 2.44. The van der Waals surface area contributed by atoms with Gasteiger partial charge in [0.25, 0.3) is 5.91 Å². The molecule has 0 spiro atoms. The minimum atomic E-state index is -1.30. The molecule has 1 aromatic heterocycles. The van der Waals surface area contributed by atoms with Crippen LogP contribution in [0.25, 0.3) is 22.6 Å². The van der Waals surface area contributed by atoms with E-state index < -0.39 is 17.9 Å². The number of carboxylic acid groups (broad SMARTS) is 1. The predicted molar refractivity (Wildman–Crippen MR) is 151 cm³/mol. The molecular weight excluding hydrogens is 543 g/mol. The van der Waals surface area contributed by atoms with Crippen molar-refractivity contribution in [3.63, 3.8) is 0 Å². The van der Waals surface area contributed by atoms with Gasteiger partial charge in [0, 0.05) is 16.1 Å². The monoisotopic (exact) mass is 570 g/mol. The first kappa shape index (κ1) is 31.5. The summed E-state index contributed by atoms with van der Waals surface area (Å²) in [7, 11) is 0. The summed E-state index contributed by atoms with van der Waals surface area (Å²) >= 11 is 7.57. The van der Waals surface area contributed by atoms with Crippen LogP contribution in [0.5, 0.6) is 0 Å². The standard InChI is InChI=1S/C30H29ClN2O5S.Li/c1-19-6-3-4-9-24(19)26-14-20(10-11-25(26)28(34)33-27(30(35)36)12-13-39-2)17-37-18-23-16-32-29(38-23)21-7-5-8-22(31)15-21;/h3-11,14-16,27H,12-13,17-18H2,1-2H3,(H,33,34)(H,35,36);/q;+1/p-1/t27-;/m0./s1. The molecule has 4 aromatic rings. The topological polar surface area (TPSA) is 104 Å². The molecule has 0 radical (unpaired) electrons. The Labute approximate surface area is 254 Å². The Balaban J connectivity index is 0.00000441. The molecule has 1 heterocycles. The number of hydrogen-bond acceptors (Lipinski definition) is 7. The molecule has 40 heavy (non-hydrogen) atoms. The SMILES string of the molecule is CSCC[C@H](NC(=O)c1ccc(COCc2cnc(-c3cccc(Cl)c3)o2)cc1-c1ccccc1C)C(=O)[O-].[Li+]. The van der Waals surface area contributed by atoms with Crippen molar-refractivity contribution in [3.8, 4) is 22.6 Å². The summed E-state index contributed by atoms with van der Waals surface area (Å²) < 4.78 is 11.7. The van der Waals surface area contributed by atoms with Gasteiger partial charge in [0.15, 0.2) is 5.76 Å². The molecular formula is C30H28ClLiN2O5S. The Morgan fingerprint density at radius 2 is 1.88 bits per heavy atom. The number of benzene rings is 3. The van der Waals surface area contributed by atoms with E-state index in [0.29, 0.717) is 33.6 Å². The van der Waals surface area contributed by atoms with Gasteiger partial charge in [-0.3, -0.25) is 4.79 Å². The molecule has 0 saturated heterocycles. The van der Waals surface area contributed by atoms with E-state index in [1.165, 1.54) is 11.8 Å². The van der Waals surface area contributed by atoms with Crippen molar-refractivity contribution in [2.75, 3.05) is 12.0 Å². The van der Waals surface area contributed by atoms with Crippen molar-refractivity contribution in [1.82, 2.24) is 10.3 Å². The molecule has 1 amide bonds. The van der Waals surface area contributed by atoms with E-state index >= 15 is 0 Å². The zero-order chi connectivity index (χ0) is 27.8. The summed E-state index contributed by atoms with van der Waals surface area (Å²) in [6.07, 6.45) is 3.78. The van der Waals surface area contributed by atoms with Crippen LogP contribution in [0.2, 0.25) is 5.02 Å². The number of rotatable bonds is 12. The predicted octanol–water partition coefficient (Wildman–Crippen LogP) is 2.29. The molecule has 0 fully saturated rings. The maximum Gasteiger partial charge on any atom is 1.00 e. The van der Waals surface area contributed by atoms with Gasteiger partial charge in [0.1, 0.15) is 6.61 Å². The minimum absolute atomic E-state index is 0. The van der Waals surface area contributed by atoms with Crippen molar-refractivity contribution in [1.29, 1.82) is 0 Å². The number of aryl methyl sites for hydroxylation is 1. The largest absolute Gasteiger partial charge is 1.00 e. The van der Waals surface area contributed by atoms with Crippen molar-refractivity contribution in [2.45, 2.75) is 32.6 Å². The second kappa shape index (κ2) is 15.1. The van der Waals surface area contributed by atoms with Crippen LogP contribution in [0, 0.1) is 6.92 Å². The number of hydrogen-bond donors (Lipinski definition) is 1. The van der Waals surface area contributed by atoms with Crippen LogP contribution in [0.4, 0.5) is 0 Å². The Hall–Kier alpha value is -2.99. The van der Waals surface area contributed by atoms with Crippen LogP contribution in [-0.4, -0.2) is 34.9 Å². The Kier molecular flexibility index (Phi) is 11.9. The van der Waals surface area contributed by atoms with E-state index in [-0.39, 0.29) is 38.5 Å². The molecule has 3 aromatic carbocycles. The van der Waals surface area contributed by atoms with Crippen LogP contribution >= 0.6 is 23.4 Å². The number of nitrogens with one attached hydrogen (secondary N) is 1. The van der Waals surface area contributed by atoms with Gasteiger partial charge < -0.3 is 24.4 Å². The normalized spacial score (nSPS) is 11.5. The minimum Gasteiger partial charge on any atom is -0.548 e. The Morgan fingerprint density at radius 1 is 1.07 bits per heavy atom. The molecule has 0 unspecified atom stereocenters. The third-order valence-electron chi connectivity index (χ3n) is 6.10. The van der Waals surface area contributed by atoms with Gasteiger partial charge in [-0.1, -0.05) is 48.0 Å². The van der Waals surface area contributed by atoms with Crippen LogP contribution in [0.15, 0.2) is 77.3 Å². The number of ether oxygens (including phenoxy) is 1. The van der Waals surface area contributed by atoms with Crippen molar-refractivity contribution >= 4 is 35.2 Å². The number of carbonyl (C=O) groups is 2. The first-order chi connectivity index (χ1) is 18.9. The second-order valence-corrected chi connectivity index (χ2v) is 10.4. The number of carboxylic acids is 1. The number of amides is 1. The molecule has 0 aliphatic heterocycles. The molecule has 7 nitrogen and oxygen atoms in total. The zero-order valence-corrected chi connectivity index (χ0v) is 24.2. The molecule has 202 valence electrons.